The first-order valence-corrected chi connectivity index (χ1v) is 8.44. The molecule has 0 bridgehead atoms. The van der Waals surface area contributed by atoms with Crippen molar-refractivity contribution in [1.82, 2.24) is 9.03 Å². The Morgan fingerprint density at radius 1 is 1.21 bits per heavy atom. The van der Waals surface area contributed by atoms with Crippen molar-refractivity contribution in [3.05, 3.63) is 0 Å². The molecule has 0 spiro atoms. The van der Waals surface area contributed by atoms with E-state index >= 15 is 0 Å². The molecule has 0 aromatic rings. The predicted molar refractivity (Wildman–Crippen MR) is 79.5 cm³/mol. The summed E-state index contributed by atoms with van der Waals surface area (Å²) in [5.41, 5.74) is 5.65. The molecule has 0 radical (unpaired) electrons. The lowest BCUT2D eigenvalue weighted by Crippen LogP contribution is -2.50. The third kappa shape index (κ3) is 4.56. The molecule has 19 heavy (non-hydrogen) atoms. The quantitative estimate of drug-likeness (QED) is 0.775. The first kappa shape index (κ1) is 17.2. The zero-order chi connectivity index (χ0) is 13.2. The summed E-state index contributed by atoms with van der Waals surface area (Å²) in [6, 6.07) is 0.0786. The second-order valence-electron chi connectivity index (χ2n) is 5.61. The molecule has 114 valence electrons. The van der Waals surface area contributed by atoms with Crippen LogP contribution in [0.15, 0.2) is 0 Å². The van der Waals surface area contributed by atoms with Crippen LogP contribution in [0.4, 0.5) is 0 Å². The maximum Gasteiger partial charge on any atom is 0.279 e. The summed E-state index contributed by atoms with van der Waals surface area (Å²) in [5.74, 6) is 0.449. The van der Waals surface area contributed by atoms with Crippen molar-refractivity contribution in [2.75, 3.05) is 13.6 Å². The number of nitrogens with one attached hydrogen (secondary N) is 1. The largest absolute Gasteiger partial charge is 0.329 e. The zero-order valence-electron chi connectivity index (χ0n) is 11.5. The van der Waals surface area contributed by atoms with Crippen LogP contribution < -0.4 is 10.5 Å². The van der Waals surface area contributed by atoms with Crippen LogP contribution in [-0.4, -0.2) is 38.4 Å². The number of hydrogen-bond donors (Lipinski definition) is 2. The Morgan fingerprint density at radius 3 is 2.26 bits per heavy atom. The molecule has 7 heteroatoms. The summed E-state index contributed by atoms with van der Waals surface area (Å²) in [6.45, 7) is 0.391. The van der Waals surface area contributed by atoms with Crippen molar-refractivity contribution in [1.29, 1.82) is 0 Å². The van der Waals surface area contributed by atoms with Gasteiger partial charge in [-0.1, -0.05) is 19.3 Å². The minimum absolute atomic E-state index is 0. The fourth-order valence-electron chi connectivity index (χ4n) is 2.75. The van der Waals surface area contributed by atoms with Gasteiger partial charge in [0.05, 0.1) is 0 Å². The minimum atomic E-state index is -3.37. The van der Waals surface area contributed by atoms with Gasteiger partial charge in [-0.2, -0.15) is 17.4 Å². The first-order chi connectivity index (χ1) is 8.54. The van der Waals surface area contributed by atoms with Crippen molar-refractivity contribution in [3.63, 3.8) is 0 Å². The summed E-state index contributed by atoms with van der Waals surface area (Å²) in [7, 11) is -1.68. The SMILES string of the molecule is CN(C1CCCCC1)S(=O)(=O)NC(CN)C1CC1.Cl. The van der Waals surface area contributed by atoms with Gasteiger partial charge in [0.25, 0.3) is 10.2 Å². The molecule has 0 aliphatic heterocycles. The minimum Gasteiger partial charge on any atom is -0.329 e. The molecule has 2 aliphatic carbocycles. The van der Waals surface area contributed by atoms with Crippen molar-refractivity contribution in [2.45, 2.75) is 57.0 Å². The molecule has 3 N–H and O–H groups in total. The second-order valence-corrected chi connectivity index (χ2v) is 7.37. The molecule has 1 unspecified atom stereocenters. The third-order valence-electron chi connectivity index (χ3n) is 4.21. The molecule has 0 heterocycles. The second kappa shape index (κ2) is 7.22. The van der Waals surface area contributed by atoms with Gasteiger partial charge in [-0.25, -0.2) is 0 Å². The van der Waals surface area contributed by atoms with E-state index in [4.69, 9.17) is 5.73 Å². The highest BCUT2D eigenvalue weighted by Gasteiger charge is 2.35. The maximum atomic E-state index is 12.3. The van der Waals surface area contributed by atoms with E-state index in [1.807, 2.05) is 0 Å². The van der Waals surface area contributed by atoms with Gasteiger partial charge in [0, 0.05) is 25.7 Å². The fraction of sp³-hybridized carbons (Fsp3) is 1.00. The molecule has 0 aromatic heterocycles. The molecule has 0 amide bonds. The maximum absolute atomic E-state index is 12.3. The molecule has 2 aliphatic rings. The normalized spacial score (nSPS) is 23.1. The monoisotopic (exact) mass is 311 g/mol. The molecule has 2 fully saturated rings. The molecular weight excluding hydrogens is 286 g/mol. The number of nitrogens with zero attached hydrogens (tertiary/aromatic N) is 1. The van der Waals surface area contributed by atoms with E-state index in [-0.39, 0.29) is 24.5 Å². The highest BCUT2D eigenvalue weighted by atomic mass is 35.5. The highest BCUT2D eigenvalue weighted by molar-refractivity contribution is 7.87. The standard InChI is InChI=1S/C12H25N3O2S.ClH/c1-15(11-5-3-2-4-6-11)18(16,17)14-12(9-13)10-7-8-10;/h10-12,14H,2-9,13H2,1H3;1H. The molecule has 0 aromatic carbocycles. The Hall–Kier alpha value is 0.120. The van der Waals surface area contributed by atoms with E-state index < -0.39 is 10.2 Å². The summed E-state index contributed by atoms with van der Waals surface area (Å²) >= 11 is 0. The third-order valence-corrected chi connectivity index (χ3v) is 5.87. The molecule has 2 rings (SSSR count). The van der Waals surface area contributed by atoms with Gasteiger partial charge >= 0.3 is 0 Å². The average molecular weight is 312 g/mol. The van der Waals surface area contributed by atoms with Gasteiger partial charge < -0.3 is 5.73 Å². The number of nitrogens with two attached hydrogens (primary N) is 1. The van der Waals surface area contributed by atoms with E-state index in [1.165, 1.54) is 10.7 Å². The van der Waals surface area contributed by atoms with Gasteiger partial charge in [0.2, 0.25) is 0 Å². The molecule has 2 saturated carbocycles. The Balaban J connectivity index is 0.00000180. The van der Waals surface area contributed by atoms with E-state index in [9.17, 15) is 8.42 Å². The van der Waals surface area contributed by atoms with Crippen molar-refractivity contribution < 1.29 is 8.42 Å². The fourth-order valence-corrected chi connectivity index (χ4v) is 4.19. The average Bonchev–Trinajstić information content (AvgIpc) is 3.20. The van der Waals surface area contributed by atoms with E-state index in [1.54, 1.807) is 7.05 Å². The van der Waals surface area contributed by atoms with Crippen molar-refractivity contribution >= 4 is 22.6 Å². The van der Waals surface area contributed by atoms with E-state index in [0.717, 1.165) is 38.5 Å². The lowest BCUT2D eigenvalue weighted by molar-refractivity contribution is 0.280. The van der Waals surface area contributed by atoms with Gasteiger partial charge in [0.1, 0.15) is 0 Å². The summed E-state index contributed by atoms with van der Waals surface area (Å²) in [6.07, 6.45) is 7.64. The van der Waals surface area contributed by atoms with Gasteiger partial charge in [-0.15, -0.1) is 12.4 Å². The van der Waals surface area contributed by atoms with Crippen molar-refractivity contribution in [2.24, 2.45) is 11.7 Å². The van der Waals surface area contributed by atoms with Crippen LogP contribution in [0, 0.1) is 5.92 Å². The topological polar surface area (TPSA) is 75.4 Å². The van der Waals surface area contributed by atoms with Gasteiger partial charge in [0.15, 0.2) is 0 Å². The first-order valence-electron chi connectivity index (χ1n) is 7.00. The Bertz CT molecular complexity index is 367. The van der Waals surface area contributed by atoms with Gasteiger partial charge in [-0.3, -0.25) is 0 Å². The molecule has 0 saturated heterocycles. The zero-order valence-corrected chi connectivity index (χ0v) is 13.2. The summed E-state index contributed by atoms with van der Waals surface area (Å²) < 4.78 is 28.9. The van der Waals surface area contributed by atoms with E-state index in [2.05, 4.69) is 4.72 Å². The van der Waals surface area contributed by atoms with Crippen LogP contribution in [-0.2, 0) is 10.2 Å². The summed E-state index contributed by atoms with van der Waals surface area (Å²) in [5, 5.41) is 0. The Kier molecular flexibility index (Phi) is 6.53. The van der Waals surface area contributed by atoms with Gasteiger partial charge in [-0.05, 0) is 31.6 Å². The Labute approximate surface area is 122 Å². The smallest absolute Gasteiger partial charge is 0.279 e. The molecule has 5 nitrogen and oxygen atoms in total. The number of hydrogen-bond acceptors (Lipinski definition) is 3. The van der Waals surface area contributed by atoms with Crippen molar-refractivity contribution in [3.8, 4) is 0 Å². The summed E-state index contributed by atoms with van der Waals surface area (Å²) in [4.78, 5) is 0. The number of rotatable bonds is 6. The van der Waals surface area contributed by atoms with Crippen LogP contribution in [0.1, 0.15) is 44.9 Å². The van der Waals surface area contributed by atoms with Crippen LogP contribution >= 0.6 is 12.4 Å². The lowest BCUT2D eigenvalue weighted by Gasteiger charge is -2.31. The lowest BCUT2D eigenvalue weighted by atomic mass is 9.96. The van der Waals surface area contributed by atoms with Crippen LogP contribution in [0.2, 0.25) is 0 Å². The number of halogens is 1. The van der Waals surface area contributed by atoms with Crippen LogP contribution in [0.3, 0.4) is 0 Å². The Morgan fingerprint density at radius 2 is 1.79 bits per heavy atom. The van der Waals surface area contributed by atoms with Crippen LogP contribution in [0.5, 0.6) is 0 Å². The van der Waals surface area contributed by atoms with E-state index in [0.29, 0.717) is 12.5 Å². The highest BCUT2D eigenvalue weighted by Crippen LogP contribution is 2.33. The predicted octanol–water partition coefficient (Wildman–Crippen LogP) is 1.24. The van der Waals surface area contributed by atoms with Crippen LogP contribution in [0.25, 0.3) is 0 Å². The molecule has 1 atom stereocenters. The molecular formula is C12H26ClN3O2S.